The second kappa shape index (κ2) is 4.74. The minimum atomic E-state index is -0.272. The molecule has 0 amide bonds. The lowest BCUT2D eigenvalue weighted by atomic mass is 10.1. The molecule has 0 atom stereocenters. The predicted molar refractivity (Wildman–Crippen MR) is 70.5 cm³/mol. The fourth-order valence-corrected chi connectivity index (χ4v) is 2.60. The van der Waals surface area contributed by atoms with Crippen molar-refractivity contribution >= 4 is 15.9 Å². The Labute approximate surface area is 113 Å². The Hall–Kier alpha value is -1.33. The second-order valence-corrected chi connectivity index (χ2v) is 4.95. The molecule has 1 aliphatic heterocycles. The molecule has 0 fully saturated rings. The van der Waals surface area contributed by atoms with Gasteiger partial charge in [-0.15, -0.1) is 0 Å². The molecule has 0 unspecified atom stereocenters. The summed E-state index contributed by atoms with van der Waals surface area (Å²) in [5.74, 6) is 0.300. The number of benzene rings is 1. The van der Waals surface area contributed by atoms with Crippen LogP contribution < -0.4 is 5.32 Å². The van der Waals surface area contributed by atoms with E-state index in [1.54, 1.807) is 6.07 Å². The highest BCUT2D eigenvalue weighted by Gasteiger charge is 2.16. The Morgan fingerprint density at radius 3 is 3.00 bits per heavy atom. The standard InChI is InChI=1S/C13H11BrFN3/c14-12-10-7-16-5-4-11(10)17-13(18-12)8-2-1-3-9(15)6-8/h1-3,6,16H,4-5,7H2. The molecule has 3 nitrogen and oxygen atoms in total. The van der Waals surface area contributed by atoms with Crippen LogP contribution in [0.5, 0.6) is 0 Å². The van der Waals surface area contributed by atoms with Crippen LogP contribution in [0.3, 0.4) is 0 Å². The monoisotopic (exact) mass is 307 g/mol. The van der Waals surface area contributed by atoms with E-state index in [9.17, 15) is 4.39 Å². The maximum absolute atomic E-state index is 13.2. The molecule has 2 aromatic rings. The highest BCUT2D eigenvalue weighted by molar-refractivity contribution is 9.10. The molecule has 0 aliphatic carbocycles. The third-order valence-corrected chi connectivity index (χ3v) is 3.62. The van der Waals surface area contributed by atoms with Gasteiger partial charge in [0.1, 0.15) is 10.4 Å². The number of halogens is 2. The first-order chi connectivity index (χ1) is 8.74. The zero-order chi connectivity index (χ0) is 12.5. The van der Waals surface area contributed by atoms with Crippen LogP contribution in [0.15, 0.2) is 28.9 Å². The van der Waals surface area contributed by atoms with Gasteiger partial charge >= 0.3 is 0 Å². The van der Waals surface area contributed by atoms with Crippen molar-refractivity contribution in [1.29, 1.82) is 0 Å². The van der Waals surface area contributed by atoms with E-state index in [2.05, 4.69) is 31.2 Å². The minimum absolute atomic E-state index is 0.272. The average Bonchev–Trinajstić information content (AvgIpc) is 2.39. The first-order valence-electron chi connectivity index (χ1n) is 5.76. The summed E-state index contributed by atoms with van der Waals surface area (Å²) in [6.45, 7) is 1.69. The van der Waals surface area contributed by atoms with Crippen molar-refractivity contribution in [1.82, 2.24) is 15.3 Å². The number of rotatable bonds is 1. The van der Waals surface area contributed by atoms with Crippen LogP contribution >= 0.6 is 15.9 Å². The van der Waals surface area contributed by atoms with Gasteiger partial charge in [0.05, 0.1) is 5.69 Å². The van der Waals surface area contributed by atoms with Gasteiger partial charge in [0.15, 0.2) is 5.82 Å². The maximum Gasteiger partial charge on any atom is 0.160 e. The van der Waals surface area contributed by atoms with Crippen molar-refractivity contribution in [3.63, 3.8) is 0 Å². The van der Waals surface area contributed by atoms with E-state index in [0.29, 0.717) is 11.4 Å². The Bertz CT molecular complexity index is 601. The van der Waals surface area contributed by atoms with Crippen LogP contribution in [0.25, 0.3) is 11.4 Å². The normalized spacial score (nSPS) is 14.3. The Balaban J connectivity index is 2.11. The van der Waals surface area contributed by atoms with Crippen LogP contribution in [-0.4, -0.2) is 16.5 Å². The lowest BCUT2D eigenvalue weighted by molar-refractivity contribution is 0.621. The van der Waals surface area contributed by atoms with Crippen LogP contribution in [0, 0.1) is 5.82 Å². The summed E-state index contributed by atoms with van der Waals surface area (Å²) in [5, 5.41) is 3.28. The quantitative estimate of drug-likeness (QED) is 0.823. The Morgan fingerprint density at radius 2 is 2.17 bits per heavy atom. The summed E-state index contributed by atoms with van der Waals surface area (Å²) in [6, 6.07) is 6.36. The number of aromatic nitrogens is 2. The lowest BCUT2D eigenvalue weighted by Crippen LogP contribution is -2.25. The van der Waals surface area contributed by atoms with Crippen molar-refractivity contribution < 1.29 is 4.39 Å². The highest BCUT2D eigenvalue weighted by Crippen LogP contribution is 2.25. The third kappa shape index (κ3) is 2.15. The summed E-state index contributed by atoms with van der Waals surface area (Å²) in [7, 11) is 0. The van der Waals surface area contributed by atoms with Gasteiger partial charge in [0, 0.05) is 30.6 Å². The van der Waals surface area contributed by atoms with E-state index in [-0.39, 0.29) is 5.82 Å². The van der Waals surface area contributed by atoms with E-state index in [4.69, 9.17) is 0 Å². The van der Waals surface area contributed by atoms with Gasteiger partial charge in [0.25, 0.3) is 0 Å². The van der Waals surface area contributed by atoms with E-state index >= 15 is 0 Å². The van der Waals surface area contributed by atoms with Crippen LogP contribution in [0.1, 0.15) is 11.3 Å². The molecule has 0 bridgehead atoms. The zero-order valence-corrected chi connectivity index (χ0v) is 11.2. The molecule has 0 saturated heterocycles. The van der Waals surface area contributed by atoms with Crippen LogP contribution in [-0.2, 0) is 13.0 Å². The zero-order valence-electron chi connectivity index (χ0n) is 9.58. The molecule has 92 valence electrons. The van der Waals surface area contributed by atoms with Gasteiger partial charge in [-0.25, -0.2) is 14.4 Å². The largest absolute Gasteiger partial charge is 0.312 e. The molecule has 0 spiro atoms. The first kappa shape index (κ1) is 11.7. The fraction of sp³-hybridized carbons (Fsp3) is 0.231. The molecule has 1 aromatic carbocycles. The maximum atomic E-state index is 13.2. The van der Waals surface area contributed by atoms with E-state index in [1.807, 2.05) is 6.07 Å². The van der Waals surface area contributed by atoms with Gasteiger partial charge < -0.3 is 5.32 Å². The number of hydrogen-bond acceptors (Lipinski definition) is 3. The van der Waals surface area contributed by atoms with Gasteiger partial charge in [-0.3, -0.25) is 0 Å². The van der Waals surface area contributed by atoms with E-state index < -0.39 is 0 Å². The summed E-state index contributed by atoms with van der Waals surface area (Å²) >= 11 is 3.46. The Morgan fingerprint density at radius 1 is 1.28 bits per heavy atom. The van der Waals surface area contributed by atoms with E-state index in [0.717, 1.165) is 35.4 Å². The van der Waals surface area contributed by atoms with Crippen molar-refractivity contribution in [3.05, 3.63) is 45.9 Å². The topological polar surface area (TPSA) is 37.8 Å². The van der Waals surface area contributed by atoms with Crippen LogP contribution in [0.4, 0.5) is 4.39 Å². The third-order valence-electron chi connectivity index (χ3n) is 2.97. The summed E-state index contributed by atoms with van der Waals surface area (Å²) in [4.78, 5) is 8.93. The van der Waals surface area contributed by atoms with E-state index in [1.165, 1.54) is 12.1 Å². The van der Waals surface area contributed by atoms with Gasteiger partial charge in [-0.05, 0) is 28.1 Å². The molecule has 0 saturated carbocycles. The summed E-state index contributed by atoms with van der Waals surface area (Å²) in [5.41, 5.74) is 2.84. The number of nitrogens with one attached hydrogen (secondary N) is 1. The van der Waals surface area contributed by atoms with Crippen molar-refractivity contribution in [2.75, 3.05) is 6.54 Å². The smallest absolute Gasteiger partial charge is 0.160 e. The molecule has 3 rings (SSSR count). The van der Waals surface area contributed by atoms with Gasteiger partial charge in [-0.1, -0.05) is 12.1 Å². The highest BCUT2D eigenvalue weighted by atomic mass is 79.9. The van der Waals surface area contributed by atoms with Crippen molar-refractivity contribution in [2.24, 2.45) is 0 Å². The second-order valence-electron chi connectivity index (χ2n) is 4.20. The van der Waals surface area contributed by atoms with Gasteiger partial charge in [0.2, 0.25) is 0 Å². The Kier molecular flexibility index (Phi) is 3.09. The molecule has 2 heterocycles. The molecular formula is C13H11BrFN3. The first-order valence-corrected chi connectivity index (χ1v) is 6.55. The molecule has 0 radical (unpaired) electrons. The fourth-order valence-electron chi connectivity index (χ4n) is 2.06. The predicted octanol–water partition coefficient (Wildman–Crippen LogP) is 2.69. The summed E-state index contributed by atoms with van der Waals surface area (Å²) in [6.07, 6.45) is 0.874. The van der Waals surface area contributed by atoms with Crippen LogP contribution in [0.2, 0.25) is 0 Å². The molecule has 18 heavy (non-hydrogen) atoms. The molecular weight excluding hydrogens is 297 g/mol. The van der Waals surface area contributed by atoms with Gasteiger partial charge in [-0.2, -0.15) is 0 Å². The summed E-state index contributed by atoms with van der Waals surface area (Å²) < 4.78 is 14.0. The SMILES string of the molecule is Fc1cccc(-c2nc(Br)c3c(n2)CCNC3)c1. The average molecular weight is 308 g/mol. The van der Waals surface area contributed by atoms with Crippen molar-refractivity contribution in [2.45, 2.75) is 13.0 Å². The molecule has 5 heteroatoms. The molecule has 1 aliphatic rings. The molecule has 1 aromatic heterocycles. The number of nitrogens with zero attached hydrogens (tertiary/aromatic N) is 2. The number of fused-ring (bicyclic) bond motifs is 1. The molecule has 1 N–H and O–H groups in total. The number of hydrogen-bond donors (Lipinski definition) is 1. The lowest BCUT2D eigenvalue weighted by Gasteiger charge is -2.17. The van der Waals surface area contributed by atoms with Crippen molar-refractivity contribution in [3.8, 4) is 11.4 Å². The minimum Gasteiger partial charge on any atom is -0.312 e.